The molecule has 4 atom stereocenters. The molecule has 1 unspecified atom stereocenters. The third-order valence-corrected chi connectivity index (χ3v) is 6.12. The van der Waals surface area contributed by atoms with Crippen molar-refractivity contribution in [3.63, 3.8) is 0 Å². The van der Waals surface area contributed by atoms with Gasteiger partial charge in [-0.15, -0.1) is 0 Å². The summed E-state index contributed by atoms with van der Waals surface area (Å²) < 4.78 is 5.23. The zero-order valence-corrected chi connectivity index (χ0v) is 18.6. The van der Waals surface area contributed by atoms with Crippen LogP contribution < -0.4 is 5.32 Å². The van der Waals surface area contributed by atoms with Crippen LogP contribution in [0.1, 0.15) is 49.3 Å². The summed E-state index contributed by atoms with van der Waals surface area (Å²) in [5, 5.41) is 12.7. The number of aryl methyl sites for hydroxylation is 1. The highest BCUT2D eigenvalue weighted by molar-refractivity contribution is 5.92. The highest BCUT2D eigenvalue weighted by Crippen LogP contribution is 2.36. The number of hydrogen-bond donors (Lipinski definition) is 2. The lowest BCUT2D eigenvalue weighted by molar-refractivity contribution is -0.146. The molecule has 2 aromatic rings. The largest absolute Gasteiger partial charge is 0.481 e. The number of benzene rings is 2. The van der Waals surface area contributed by atoms with Crippen molar-refractivity contribution in [3.8, 4) is 0 Å². The van der Waals surface area contributed by atoms with Crippen molar-refractivity contribution in [2.24, 2.45) is 5.92 Å². The Morgan fingerprint density at radius 1 is 1.09 bits per heavy atom. The zero-order valence-electron chi connectivity index (χ0n) is 18.6. The molecule has 0 spiro atoms. The molecule has 0 aliphatic heterocycles. The number of nitrogens with one attached hydrogen (secondary N) is 1. The fourth-order valence-corrected chi connectivity index (χ4v) is 4.43. The number of fused-ring (bicyclic) bond motifs is 1. The van der Waals surface area contributed by atoms with Gasteiger partial charge in [0, 0.05) is 5.92 Å². The molecule has 0 saturated heterocycles. The maximum absolute atomic E-state index is 13.4. The first-order valence-corrected chi connectivity index (χ1v) is 11.2. The van der Waals surface area contributed by atoms with Crippen LogP contribution in [0.3, 0.4) is 0 Å². The van der Waals surface area contributed by atoms with Gasteiger partial charge in [-0.1, -0.05) is 54.6 Å². The van der Waals surface area contributed by atoms with E-state index >= 15 is 0 Å². The van der Waals surface area contributed by atoms with Crippen molar-refractivity contribution < 1.29 is 24.2 Å². The second-order valence-corrected chi connectivity index (χ2v) is 8.35. The monoisotopic (exact) mass is 437 g/mol. The standard InChI is InChI=1S/C26H31NO5/c1-3-32-26(31)23(14-13-18-9-5-4-6-10-18)27-17(2)24(28)22-16-20(25(29)30)15-19-11-7-8-12-21(19)22/h4-12,17,20,22-23,27H,3,13-16H2,1-2H3,(H,29,30)/t17-,20+,22?,23-/m0/s1. The molecule has 0 saturated carbocycles. The highest BCUT2D eigenvalue weighted by atomic mass is 16.5. The Hall–Kier alpha value is -2.99. The summed E-state index contributed by atoms with van der Waals surface area (Å²) in [7, 11) is 0. The first kappa shape index (κ1) is 23.7. The molecule has 3 rings (SSSR count). The summed E-state index contributed by atoms with van der Waals surface area (Å²) in [6.07, 6.45) is 1.87. The van der Waals surface area contributed by atoms with E-state index in [1.165, 1.54) is 0 Å². The molecule has 32 heavy (non-hydrogen) atoms. The Labute approximate surface area is 189 Å². The van der Waals surface area contributed by atoms with Crippen LogP contribution in [-0.2, 0) is 32.0 Å². The SMILES string of the molecule is CCOC(=O)[C@H](CCc1ccccc1)N[C@@H](C)C(=O)C1C[C@H](C(=O)O)Cc2ccccc21. The average Bonchev–Trinajstić information content (AvgIpc) is 2.81. The molecule has 0 fully saturated rings. The van der Waals surface area contributed by atoms with Crippen LogP contribution in [0.25, 0.3) is 0 Å². The van der Waals surface area contributed by atoms with Crippen molar-refractivity contribution in [3.05, 3.63) is 71.3 Å². The smallest absolute Gasteiger partial charge is 0.323 e. The molecule has 2 N–H and O–H groups in total. The number of esters is 1. The molecular formula is C26H31NO5. The molecule has 0 bridgehead atoms. The Balaban J connectivity index is 1.74. The van der Waals surface area contributed by atoms with E-state index in [4.69, 9.17) is 4.74 Å². The molecule has 0 heterocycles. The van der Waals surface area contributed by atoms with Gasteiger partial charge in [-0.3, -0.25) is 19.7 Å². The van der Waals surface area contributed by atoms with Gasteiger partial charge in [0.1, 0.15) is 6.04 Å². The number of rotatable bonds is 10. The summed E-state index contributed by atoms with van der Waals surface area (Å²) in [5.74, 6) is -2.47. The molecule has 0 amide bonds. The van der Waals surface area contributed by atoms with Crippen LogP contribution in [-0.4, -0.2) is 41.5 Å². The minimum absolute atomic E-state index is 0.0996. The average molecular weight is 438 g/mol. The number of Topliss-reactive ketones (excluding diaryl/α,β-unsaturated/α-hetero) is 1. The van der Waals surface area contributed by atoms with Gasteiger partial charge in [-0.2, -0.15) is 0 Å². The predicted octanol–water partition coefficient (Wildman–Crippen LogP) is 3.53. The minimum Gasteiger partial charge on any atom is -0.481 e. The van der Waals surface area contributed by atoms with Gasteiger partial charge in [-0.05, 0) is 56.2 Å². The summed E-state index contributed by atoms with van der Waals surface area (Å²) >= 11 is 0. The zero-order chi connectivity index (χ0) is 23.1. The summed E-state index contributed by atoms with van der Waals surface area (Å²) in [5.41, 5.74) is 2.90. The van der Waals surface area contributed by atoms with E-state index in [2.05, 4.69) is 5.32 Å². The maximum atomic E-state index is 13.4. The van der Waals surface area contributed by atoms with E-state index in [-0.39, 0.29) is 24.8 Å². The molecule has 6 nitrogen and oxygen atoms in total. The van der Waals surface area contributed by atoms with Gasteiger partial charge in [-0.25, -0.2) is 0 Å². The number of ether oxygens (including phenoxy) is 1. The molecule has 1 aliphatic carbocycles. The number of carbonyl (C=O) groups excluding carboxylic acids is 2. The second kappa shape index (κ2) is 11.0. The lowest BCUT2D eigenvalue weighted by Crippen LogP contribution is -2.48. The normalized spacial score (nSPS) is 19.4. The van der Waals surface area contributed by atoms with Crippen LogP contribution in [0.4, 0.5) is 0 Å². The summed E-state index contributed by atoms with van der Waals surface area (Å²) in [6.45, 7) is 3.76. The van der Waals surface area contributed by atoms with Crippen molar-refractivity contribution in [1.29, 1.82) is 0 Å². The first-order valence-electron chi connectivity index (χ1n) is 11.2. The fraction of sp³-hybridized carbons (Fsp3) is 0.423. The van der Waals surface area contributed by atoms with Crippen LogP contribution in [0.5, 0.6) is 0 Å². The Morgan fingerprint density at radius 3 is 2.47 bits per heavy atom. The van der Waals surface area contributed by atoms with E-state index in [1.54, 1.807) is 13.8 Å². The predicted molar refractivity (Wildman–Crippen MR) is 121 cm³/mol. The summed E-state index contributed by atoms with van der Waals surface area (Å²) in [4.78, 5) is 37.6. The Kier molecular flexibility index (Phi) is 8.17. The molecule has 0 aromatic heterocycles. The number of aliphatic carboxylic acids is 1. The second-order valence-electron chi connectivity index (χ2n) is 8.35. The molecule has 0 radical (unpaired) electrons. The number of carbonyl (C=O) groups is 3. The van der Waals surface area contributed by atoms with Crippen LogP contribution in [0, 0.1) is 5.92 Å². The van der Waals surface area contributed by atoms with Crippen molar-refractivity contribution in [2.45, 2.75) is 57.5 Å². The molecule has 2 aromatic carbocycles. The third-order valence-electron chi connectivity index (χ3n) is 6.12. The first-order chi connectivity index (χ1) is 15.4. The van der Waals surface area contributed by atoms with E-state index in [0.717, 1.165) is 16.7 Å². The Bertz CT molecular complexity index is 942. The number of ketones is 1. The van der Waals surface area contributed by atoms with Gasteiger partial charge >= 0.3 is 11.9 Å². The minimum atomic E-state index is -0.884. The van der Waals surface area contributed by atoms with Gasteiger partial charge in [0.15, 0.2) is 5.78 Å². The topological polar surface area (TPSA) is 92.7 Å². The van der Waals surface area contributed by atoms with Gasteiger partial charge in [0.05, 0.1) is 18.6 Å². The molecule has 1 aliphatic rings. The maximum Gasteiger partial charge on any atom is 0.323 e. The molecule has 170 valence electrons. The van der Waals surface area contributed by atoms with Crippen LogP contribution >= 0.6 is 0 Å². The van der Waals surface area contributed by atoms with Gasteiger partial charge < -0.3 is 9.84 Å². The molecular weight excluding hydrogens is 406 g/mol. The van der Waals surface area contributed by atoms with E-state index in [1.807, 2.05) is 54.6 Å². The highest BCUT2D eigenvalue weighted by Gasteiger charge is 2.37. The van der Waals surface area contributed by atoms with Crippen LogP contribution in [0.2, 0.25) is 0 Å². The fourth-order valence-electron chi connectivity index (χ4n) is 4.43. The quantitative estimate of drug-likeness (QED) is 0.553. The Morgan fingerprint density at radius 2 is 1.78 bits per heavy atom. The number of carboxylic acid groups (broad SMARTS) is 1. The van der Waals surface area contributed by atoms with Crippen molar-refractivity contribution in [2.75, 3.05) is 6.61 Å². The lowest BCUT2D eigenvalue weighted by Gasteiger charge is -2.31. The van der Waals surface area contributed by atoms with E-state index in [0.29, 0.717) is 19.3 Å². The molecule has 6 heteroatoms. The third kappa shape index (κ3) is 5.82. The van der Waals surface area contributed by atoms with E-state index in [9.17, 15) is 19.5 Å². The van der Waals surface area contributed by atoms with Gasteiger partial charge in [0.2, 0.25) is 0 Å². The van der Waals surface area contributed by atoms with Crippen molar-refractivity contribution >= 4 is 17.7 Å². The number of carboxylic acids is 1. The number of hydrogen-bond acceptors (Lipinski definition) is 5. The van der Waals surface area contributed by atoms with E-state index < -0.39 is 29.9 Å². The summed E-state index contributed by atoms with van der Waals surface area (Å²) in [6, 6.07) is 16.1. The lowest BCUT2D eigenvalue weighted by atomic mass is 9.74. The van der Waals surface area contributed by atoms with Gasteiger partial charge in [0.25, 0.3) is 0 Å². The van der Waals surface area contributed by atoms with Crippen LogP contribution in [0.15, 0.2) is 54.6 Å². The van der Waals surface area contributed by atoms with Crippen molar-refractivity contribution in [1.82, 2.24) is 5.32 Å².